The molecule has 0 N–H and O–H groups in total. The third-order valence-electron chi connectivity index (χ3n) is 5.40. The van der Waals surface area contributed by atoms with E-state index in [0.29, 0.717) is 0 Å². The number of carbonyl (C=O) groups excluding carboxylic acids is 1. The second-order valence-electron chi connectivity index (χ2n) is 7.31. The predicted octanol–water partition coefficient (Wildman–Crippen LogP) is 4.88. The van der Waals surface area contributed by atoms with Crippen molar-refractivity contribution in [1.29, 1.82) is 0 Å². The summed E-state index contributed by atoms with van der Waals surface area (Å²) in [6.07, 6.45) is 6.82. The molecule has 1 aromatic carbocycles. The molecule has 1 aromatic heterocycles. The summed E-state index contributed by atoms with van der Waals surface area (Å²) in [5.74, 6) is -0.320. The van der Waals surface area contributed by atoms with E-state index in [9.17, 15) is 9.18 Å². The van der Waals surface area contributed by atoms with E-state index < -0.39 is 0 Å². The van der Waals surface area contributed by atoms with Gasteiger partial charge in [-0.1, -0.05) is 36.4 Å². The van der Waals surface area contributed by atoms with Gasteiger partial charge in [0.05, 0.1) is 17.9 Å². The summed E-state index contributed by atoms with van der Waals surface area (Å²) in [5, 5.41) is 0. The summed E-state index contributed by atoms with van der Waals surface area (Å²) in [5.41, 5.74) is 3.76. The van der Waals surface area contributed by atoms with Gasteiger partial charge in [0.15, 0.2) is 0 Å². The number of ether oxygens (including phenoxy) is 1. The average molecular weight is 366 g/mol. The molecule has 1 fully saturated rings. The van der Waals surface area contributed by atoms with E-state index in [1.165, 1.54) is 12.3 Å². The summed E-state index contributed by atoms with van der Waals surface area (Å²) in [6, 6.07) is 11.4. The van der Waals surface area contributed by atoms with Crippen LogP contribution in [0.25, 0.3) is 5.57 Å². The number of rotatable bonds is 3. The van der Waals surface area contributed by atoms with E-state index in [-0.39, 0.29) is 30.6 Å². The normalized spacial score (nSPS) is 21.6. The number of piperidine rings is 1. The number of amides is 1. The molecule has 27 heavy (non-hydrogen) atoms. The average Bonchev–Trinajstić information content (AvgIpc) is 2.66. The summed E-state index contributed by atoms with van der Waals surface area (Å²) in [4.78, 5) is 18.9. The number of nitrogens with zero attached hydrogens (tertiary/aromatic N) is 2. The van der Waals surface area contributed by atoms with Gasteiger partial charge in [-0.15, -0.1) is 0 Å². The van der Waals surface area contributed by atoms with Crippen LogP contribution in [0.2, 0.25) is 0 Å². The smallest absolute Gasteiger partial charge is 0.410 e. The molecule has 4 rings (SSSR count). The Balaban J connectivity index is 1.52. The second-order valence-corrected chi connectivity index (χ2v) is 7.31. The highest BCUT2D eigenvalue weighted by atomic mass is 19.1. The SMILES string of the molecule is Cc1cc(F)cnc1C1=CC2CCCC(C1)N2C(=O)OCc1ccccc1. The topological polar surface area (TPSA) is 42.4 Å². The van der Waals surface area contributed by atoms with Crippen molar-refractivity contribution < 1.29 is 13.9 Å². The molecule has 2 bridgehead atoms. The van der Waals surface area contributed by atoms with E-state index in [0.717, 1.165) is 48.1 Å². The van der Waals surface area contributed by atoms with E-state index in [1.807, 2.05) is 42.2 Å². The van der Waals surface area contributed by atoms with Gasteiger partial charge in [0.2, 0.25) is 0 Å². The molecule has 0 aliphatic carbocycles. The van der Waals surface area contributed by atoms with Crippen LogP contribution in [0.1, 0.15) is 42.5 Å². The molecule has 2 unspecified atom stereocenters. The standard InChI is InChI=1S/C22H23FN2O2/c1-15-10-18(23)13-24-21(15)17-11-19-8-5-9-20(12-17)25(19)22(26)27-14-16-6-3-2-4-7-16/h2-4,6-7,10-11,13,19-20H,5,8-9,12,14H2,1H3. The maximum Gasteiger partial charge on any atom is 0.410 e. The van der Waals surface area contributed by atoms with Crippen LogP contribution >= 0.6 is 0 Å². The Morgan fingerprint density at radius 1 is 1.30 bits per heavy atom. The van der Waals surface area contributed by atoms with Crippen LogP contribution in [0.4, 0.5) is 9.18 Å². The Hall–Kier alpha value is -2.69. The number of halogens is 1. The van der Waals surface area contributed by atoms with Crippen molar-refractivity contribution in [3.8, 4) is 0 Å². The molecule has 1 saturated heterocycles. The monoisotopic (exact) mass is 366 g/mol. The largest absolute Gasteiger partial charge is 0.445 e. The van der Waals surface area contributed by atoms with Gasteiger partial charge >= 0.3 is 6.09 Å². The molecule has 1 amide bonds. The van der Waals surface area contributed by atoms with Crippen molar-refractivity contribution in [2.75, 3.05) is 0 Å². The van der Waals surface area contributed by atoms with Crippen LogP contribution in [0.3, 0.4) is 0 Å². The summed E-state index contributed by atoms with van der Waals surface area (Å²) in [6.45, 7) is 2.16. The third kappa shape index (κ3) is 3.72. The Kier molecular flexibility index (Phi) is 4.92. The lowest BCUT2D eigenvalue weighted by atomic mass is 9.83. The summed E-state index contributed by atoms with van der Waals surface area (Å²) in [7, 11) is 0. The first-order valence-corrected chi connectivity index (χ1v) is 9.44. The van der Waals surface area contributed by atoms with Gasteiger partial charge in [0, 0.05) is 6.04 Å². The Morgan fingerprint density at radius 2 is 2.11 bits per heavy atom. The lowest BCUT2D eigenvalue weighted by Crippen LogP contribution is -2.51. The Morgan fingerprint density at radius 3 is 2.85 bits per heavy atom. The maximum atomic E-state index is 13.4. The first-order valence-electron chi connectivity index (χ1n) is 9.44. The van der Waals surface area contributed by atoms with Gasteiger partial charge in [-0.2, -0.15) is 0 Å². The second kappa shape index (κ2) is 7.51. The first-order chi connectivity index (χ1) is 13.1. The quantitative estimate of drug-likeness (QED) is 0.778. The molecule has 0 radical (unpaired) electrons. The number of hydrogen-bond acceptors (Lipinski definition) is 3. The molecule has 4 nitrogen and oxygen atoms in total. The molecular formula is C22H23FN2O2. The zero-order chi connectivity index (χ0) is 18.8. The molecule has 0 saturated carbocycles. The zero-order valence-electron chi connectivity index (χ0n) is 15.4. The molecule has 5 heteroatoms. The van der Waals surface area contributed by atoms with Gasteiger partial charge in [0.25, 0.3) is 0 Å². The third-order valence-corrected chi connectivity index (χ3v) is 5.40. The lowest BCUT2D eigenvalue weighted by molar-refractivity contribution is 0.0510. The fourth-order valence-electron chi connectivity index (χ4n) is 4.16. The van der Waals surface area contributed by atoms with Gasteiger partial charge < -0.3 is 4.74 Å². The maximum absolute atomic E-state index is 13.4. The van der Waals surface area contributed by atoms with Gasteiger partial charge in [-0.3, -0.25) is 9.88 Å². The fourth-order valence-corrected chi connectivity index (χ4v) is 4.16. The number of hydrogen-bond donors (Lipinski definition) is 0. The minimum Gasteiger partial charge on any atom is -0.445 e. The number of pyridine rings is 1. The first kappa shape index (κ1) is 17.7. The van der Waals surface area contributed by atoms with E-state index >= 15 is 0 Å². The van der Waals surface area contributed by atoms with E-state index in [2.05, 4.69) is 11.1 Å². The minimum atomic E-state index is -0.320. The highest BCUT2D eigenvalue weighted by Crippen LogP contribution is 2.37. The van der Waals surface area contributed by atoms with Crippen molar-refractivity contribution in [1.82, 2.24) is 9.88 Å². The van der Waals surface area contributed by atoms with Gasteiger partial charge in [0.1, 0.15) is 12.4 Å². The van der Waals surface area contributed by atoms with Crippen LogP contribution in [0, 0.1) is 12.7 Å². The number of benzene rings is 1. The number of fused-ring (bicyclic) bond motifs is 2. The van der Waals surface area contributed by atoms with Crippen molar-refractivity contribution in [3.05, 3.63) is 71.3 Å². The molecule has 2 aliphatic rings. The van der Waals surface area contributed by atoms with Crippen molar-refractivity contribution >= 4 is 11.7 Å². The Bertz CT molecular complexity index is 866. The van der Waals surface area contributed by atoms with Crippen LogP contribution < -0.4 is 0 Å². The van der Waals surface area contributed by atoms with Crippen LogP contribution in [0.15, 0.2) is 48.7 Å². The molecule has 140 valence electrons. The van der Waals surface area contributed by atoms with Crippen molar-refractivity contribution in [2.24, 2.45) is 0 Å². The highest BCUT2D eigenvalue weighted by Gasteiger charge is 2.38. The predicted molar refractivity (Wildman–Crippen MR) is 101 cm³/mol. The van der Waals surface area contributed by atoms with E-state index in [1.54, 1.807) is 0 Å². The van der Waals surface area contributed by atoms with Crippen molar-refractivity contribution in [2.45, 2.75) is 51.3 Å². The number of carbonyl (C=O) groups is 1. The van der Waals surface area contributed by atoms with E-state index in [4.69, 9.17) is 4.74 Å². The summed E-state index contributed by atoms with van der Waals surface area (Å²) < 4.78 is 19.0. The van der Waals surface area contributed by atoms with Gasteiger partial charge in [-0.25, -0.2) is 9.18 Å². The minimum absolute atomic E-state index is 0.0158. The lowest BCUT2D eigenvalue weighted by Gasteiger charge is -2.44. The molecule has 2 atom stereocenters. The Labute approximate surface area is 158 Å². The fraction of sp³-hybridized carbons (Fsp3) is 0.364. The van der Waals surface area contributed by atoms with Gasteiger partial charge in [-0.05, 0) is 55.4 Å². The molecule has 3 heterocycles. The highest BCUT2D eigenvalue weighted by molar-refractivity contribution is 5.74. The van der Waals surface area contributed by atoms with Crippen molar-refractivity contribution in [3.63, 3.8) is 0 Å². The zero-order valence-corrected chi connectivity index (χ0v) is 15.4. The van der Waals surface area contributed by atoms with Crippen LogP contribution in [-0.4, -0.2) is 28.1 Å². The number of aromatic nitrogens is 1. The van der Waals surface area contributed by atoms with Crippen LogP contribution in [0.5, 0.6) is 0 Å². The molecular weight excluding hydrogens is 343 g/mol. The van der Waals surface area contributed by atoms with Crippen LogP contribution in [-0.2, 0) is 11.3 Å². The number of aryl methyl sites for hydroxylation is 1. The molecule has 2 aliphatic heterocycles. The molecule has 0 spiro atoms. The summed E-state index contributed by atoms with van der Waals surface area (Å²) >= 11 is 0. The molecule has 2 aromatic rings.